The van der Waals surface area contributed by atoms with Crippen molar-refractivity contribution in [2.24, 2.45) is 0 Å². The molecule has 2 heterocycles. The number of fused-ring (bicyclic) bond motifs is 1. The molecule has 0 saturated carbocycles. The van der Waals surface area contributed by atoms with Gasteiger partial charge in [-0.1, -0.05) is 35.9 Å². The van der Waals surface area contributed by atoms with Crippen LogP contribution in [0, 0.1) is 0 Å². The van der Waals surface area contributed by atoms with E-state index in [9.17, 15) is 9.59 Å². The lowest BCUT2D eigenvalue weighted by atomic mass is 10.1. The van der Waals surface area contributed by atoms with E-state index in [0.29, 0.717) is 29.1 Å². The third-order valence-corrected chi connectivity index (χ3v) is 5.30. The first-order chi connectivity index (χ1) is 12.1. The molecule has 0 spiro atoms. The van der Waals surface area contributed by atoms with E-state index >= 15 is 0 Å². The molecule has 1 aliphatic heterocycles. The van der Waals surface area contributed by atoms with Gasteiger partial charge in [0.1, 0.15) is 5.01 Å². The maximum Gasteiger partial charge on any atom is 0.261 e. The van der Waals surface area contributed by atoms with Crippen molar-refractivity contribution in [3.8, 4) is 10.6 Å². The van der Waals surface area contributed by atoms with Gasteiger partial charge in [0.2, 0.25) is 0 Å². The summed E-state index contributed by atoms with van der Waals surface area (Å²) in [5, 5.41) is 3.54. The van der Waals surface area contributed by atoms with Crippen molar-refractivity contribution in [2.45, 2.75) is 6.42 Å². The molecule has 0 saturated heterocycles. The molecule has 6 heteroatoms. The van der Waals surface area contributed by atoms with Crippen molar-refractivity contribution in [1.82, 2.24) is 9.88 Å². The third kappa shape index (κ3) is 2.97. The quantitative estimate of drug-likeness (QED) is 0.645. The number of halogens is 1. The van der Waals surface area contributed by atoms with Gasteiger partial charge in [0, 0.05) is 28.9 Å². The Bertz CT molecular complexity index is 931. The number of carbonyl (C=O) groups is 2. The largest absolute Gasteiger partial charge is 0.274 e. The standard InChI is InChI=1S/C19H13ClN2O2S/c20-13-7-5-12(6-8-13)17-21-14(11-25-17)9-10-22-18(23)15-3-1-2-4-16(15)19(22)24/h1-8,11H,9-10H2. The molecule has 0 aliphatic carbocycles. The number of imide groups is 1. The van der Waals surface area contributed by atoms with E-state index in [1.54, 1.807) is 24.3 Å². The van der Waals surface area contributed by atoms with Crippen LogP contribution >= 0.6 is 22.9 Å². The first-order valence-corrected chi connectivity index (χ1v) is 9.05. The smallest absolute Gasteiger partial charge is 0.261 e. The number of hydrogen-bond acceptors (Lipinski definition) is 4. The zero-order chi connectivity index (χ0) is 17.4. The molecule has 4 rings (SSSR count). The second-order valence-electron chi connectivity index (χ2n) is 5.71. The van der Waals surface area contributed by atoms with Gasteiger partial charge in [0.25, 0.3) is 11.8 Å². The number of carbonyl (C=O) groups excluding carboxylic acids is 2. The normalized spacial score (nSPS) is 13.4. The summed E-state index contributed by atoms with van der Waals surface area (Å²) in [7, 11) is 0. The second-order valence-corrected chi connectivity index (χ2v) is 7.00. The molecule has 1 aromatic heterocycles. The third-order valence-electron chi connectivity index (χ3n) is 4.11. The number of thiazole rings is 1. The van der Waals surface area contributed by atoms with Crippen LogP contribution in [0.4, 0.5) is 0 Å². The van der Waals surface area contributed by atoms with E-state index in [1.807, 2.05) is 29.6 Å². The summed E-state index contributed by atoms with van der Waals surface area (Å²) < 4.78 is 0. The van der Waals surface area contributed by atoms with Crippen molar-refractivity contribution in [3.63, 3.8) is 0 Å². The minimum atomic E-state index is -0.228. The predicted molar refractivity (Wildman–Crippen MR) is 98.1 cm³/mol. The second kappa shape index (κ2) is 6.43. The monoisotopic (exact) mass is 368 g/mol. The molecule has 1 aliphatic rings. The number of hydrogen-bond donors (Lipinski definition) is 0. The number of aromatic nitrogens is 1. The van der Waals surface area contributed by atoms with Crippen LogP contribution in [0.1, 0.15) is 26.4 Å². The van der Waals surface area contributed by atoms with Gasteiger partial charge in [-0.25, -0.2) is 4.98 Å². The summed E-state index contributed by atoms with van der Waals surface area (Å²) >= 11 is 7.44. The first-order valence-electron chi connectivity index (χ1n) is 7.79. The van der Waals surface area contributed by atoms with Gasteiger partial charge in [0.15, 0.2) is 0 Å². The Kier molecular flexibility index (Phi) is 4.11. The SMILES string of the molecule is O=C1c2ccccc2C(=O)N1CCc1csc(-c2ccc(Cl)cc2)n1. The first kappa shape index (κ1) is 16.0. The number of benzene rings is 2. The van der Waals surface area contributed by atoms with Crippen molar-refractivity contribution in [3.05, 3.63) is 75.8 Å². The van der Waals surface area contributed by atoms with Gasteiger partial charge in [-0.2, -0.15) is 0 Å². The maximum absolute atomic E-state index is 12.4. The van der Waals surface area contributed by atoms with Gasteiger partial charge < -0.3 is 0 Å². The minimum absolute atomic E-state index is 0.228. The number of amides is 2. The molecule has 124 valence electrons. The lowest BCUT2D eigenvalue weighted by molar-refractivity contribution is 0.0656. The van der Waals surface area contributed by atoms with E-state index in [2.05, 4.69) is 4.98 Å². The Balaban J connectivity index is 1.47. The maximum atomic E-state index is 12.4. The molecular weight excluding hydrogens is 356 g/mol. The van der Waals surface area contributed by atoms with E-state index in [4.69, 9.17) is 11.6 Å². The van der Waals surface area contributed by atoms with Crippen molar-refractivity contribution < 1.29 is 9.59 Å². The Hall–Kier alpha value is -2.50. The molecule has 0 bridgehead atoms. The van der Waals surface area contributed by atoms with Gasteiger partial charge in [-0.3, -0.25) is 14.5 Å². The summed E-state index contributed by atoms with van der Waals surface area (Å²) in [5.41, 5.74) is 2.83. The fourth-order valence-electron chi connectivity index (χ4n) is 2.82. The van der Waals surface area contributed by atoms with Crippen LogP contribution < -0.4 is 0 Å². The topological polar surface area (TPSA) is 50.3 Å². The molecule has 0 fully saturated rings. The zero-order valence-corrected chi connectivity index (χ0v) is 14.7. The summed E-state index contributed by atoms with van der Waals surface area (Å²) in [6, 6.07) is 14.4. The fraction of sp³-hybridized carbons (Fsp3) is 0.105. The van der Waals surface area contributed by atoms with Crippen LogP contribution in [0.5, 0.6) is 0 Å². The molecule has 3 aromatic rings. The number of rotatable bonds is 4. The van der Waals surface area contributed by atoms with E-state index in [-0.39, 0.29) is 11.8 Å². The van der Waals surface area contributed by atoms with Crippen LogP contribution in [0.2, 0.25) is 5.02 Å². The molecule has 0 N–H and O–H groups in total. The lowest BCUT2D eigenvalue weighted by Gasteiger charge is -2.12. The Morgan fingerprint density at radius 1 is 0.960 bits per heavy atom. The molecule has 0 atom stereocenters. The van der Waals surface area contributed by atoms with Crippen molar-refractivity contribution in [1.29, 1.82) is 0 Å². The molecule has 2 amide bonds. The van der Waals surface area contributed by atoms with Crippen LogP contribution in [-0.4, -0.2) is 28.2 Å². The summed E-state index contributed by atoms with van der Waals surface area (Å²) in [4.78, 5) is 30.6. The van der Waals surface area contributed by atoms with Crippen LogP contribution in [0.25, 0.3) is 10.6 Å². The number of nitrogens with zero attached hydrogens (tertiary/aromatic N) is 2. The van der Waals surface area contributed by atoms with E-state index in [1.165, 1.54) is 16.2 Å². The fourth-order valence-corrected chi connectivity index (χ4v) is 3.80. The average molecular weight is 369 g/mol. The lowest BCUT2D eigenvalue weighted by Crippen LogP contribution is -2.31. The highest BCUT2D eigenvalue weighted by Gasteiger charge is 2.34. The molecule has 4 nitrogen and oxygen atoms in total. The van der Waals surface area contributed by atoms with E-state index < -0.39 is 0 Å². The van der Waals surface area contributed by atoms with Crippen LogP contribution in [-0.2, 0) is 6.42 Å². The Labute approximate surface area is 153 Å². The van der Waals surface area contributed by atoms with Gasteiger partial charge in [0.05, 0.1) is 16.8 Å². The average Bonchev–Trinajstić information content (AvgIpc) is 3.19. The van der Waals surface area contributed by atoms with Gasteiger partial charge in [-0.15, -0.1) is 11.3 Å². The van der Waals surface area contributed by atoms with Gasteiger partial charge >= 0.3 is 0 Å². The molecule has 25 heavy (non-hydrogen) atoms. The minimum Gasteiger partial charge on any atom is -0.274 e. The molecule has 0 radical (unpaired) electrons. The highest BCUT2D eigenvalue weighted by molar-refractivity contribution is 7.13. The Morgan fingerprint density at radius 2 is 1.60 bits per heavy atom. The summed E-state index contributed by atoms with van der Waals surface area (Å²) in [6.07, 6.45) is 0.537. The van der Waals surface area contributed by atoms with Crippen LogP contribution in [0.3, 0.4) is 0 Å². The zero-order valence-electron chi connectivity index (χ0n) is 13.1. The van der Waals surface area contributed by atoms with Crippen molar-refractivity contribution >= 4 is 34.8 Å². The van der Waals surface area contributed by atoms with E-state index in [0.717, 1.165) is 16.3 Å². The van der Waals surface area contributed by atoms with Gasteiger partial charge in [-0.05, 0) is 24.3 Å². The molecule has 0 unspecified atom stereocenters. The molecular formula is C19H13ClN2O2S. The van der Waals surface area contributed by atoms with Crippen molar-refractivity contribution in [2.75, 3.05) is 6.54 Å². The highest BCUT2D eigenvalue weighted by atomic mass is 35.5. The summed E-state index contributed by atoms with van der Waals surface area (Å²) in [5.74, 6) is -0.456. The van der Waals surface area contributed by atoms with Crippen LogP contribution in [0.15, 0.2) is 53.9 Å². The highest BCUT2D eigenvalue weighted by Crippen LogP contribution is 2.26. The predicted octanol–water partition coefficient (Wildman–Crippen LogP) is 4.30. The molecule has 2 aromatic carbocycles. The summed E-state index contributed by atoms with van der Waals surface area (Å²) in [6.45, 7) is 0.330. The Morgan fingerprint density at radius 3 is 2.24 bits per heavy atom.